The third kappa shape index (κ3) is 1.16. The first-order chi connectivity index (χ1) is 3.39. The number of rotatable bonds is 0. The molecule has 1 nitrogen and oxygen atoms in total. The van der Waals surface area contributed by atoms with Crippen molar-refractivity contribution < 1.29 is 5.11 Å². The fraction of sp³-hybridized carbons (Fsp3) is 0.333. The molecule has 0 aliphatic heterocycles. The van der Waals surface area contributed by atoms with Crippen LogP contribution in [0.5, 0.6) is 0 Å². The van der Waals surface area contributed by atoms with Crippen LogP contribution in [0.15, 0.2) is 24.3 Å². The number of hydrogen-bond donors (Lipinski definition) is 0. The van der Waals surface area contributed by atoms with Crippen molar-refractivity contribution in [1.82, 2.24) is 0 Å². The Kier molecular flexibility index (Phi) is 1.27. The van der Waals surface area contributed by atoms with Gasteiger partial charge in [-0.15, -0.1) is 0 Å². The Morgan fingerprint density at radius 2 is 2.29 bits per heavy atom. The first-order valence-electron chi connectivity index (χ1n) is 2.39. The zero-order chi connectivity index (χ0) is 5.11. The number of hydrogen-bond acceptors (Lipinski definition) is 0. The van der Waals surface area contributed by atoms with Gasteiger partial charge in [0.15, 0.2) is 0 Å². The smallest absolute Gasteiger partial charge is 0.115 e. The molecule has 0 amide bonds. The molecule has 1 heteroatoms. The second kappa shape index (κ2) is 1.94. The van der Waals surface area contributed by atoms with Crippen LogP contribution in [0.25, 0.3) is 0 Å². The minimum Gasteiger partial charge on any atom is -0.228 e. The highest BCUT2D eigenvalue weighted by Gasteiger charge is 1.97. The lowest BCUT2D eigenvalue weighted by atomic mass is 10.1. The molecule has 1 aliphatic carbocycles. The highest BCUT2D eigenvalue weighted by molar-refractivity contribution is 5.10. The van der Waals surface area contributed by atoms with Gasteiger partial charge >= 0.3 is 0 Å². The fourth-order valence-electron chi connectivity index (χ4n) is 0.558. The van der Waals surface area contributed by atoms with E-state index in [1.807, 2.05) is 12.2 Å². The normalized spacial score (nSPS) is 28.4. The summed E-state index contributed by atoms with van der Waals surface area (Å²) in [5.41, 5.74) is 0. The lowest BCUT2D eigenvalue weighted by Gasteiger charge is -1.98. The van der Waals surface area contributed by atoms with Crippen LogP contribution in [0.1, 0.15) is 6.42 Å². The second-order valence-corrected chi connectivity index (χ2v) is 1.59. The molecule has 0 bridgehead atoms. The molecular formula is C6H7O. The summed E-state index contributed by atoms with van der Waals surface area (Å²) in [6.07, 6.45) is 7.42. The van der Waals surface area contributed by atoms with Gasteiger partial charge in [-0.2, -0.15) is 0 Å². The molecule has 0 aromatic heterocycles. The highest BCUT2D eigenvalue weighted by Crippen LogP contribution is 2.01. The summed E-state index contributed by atoms with van der Waals surface area (Å²) in [5, 5.41) is 10.4. The average molecular weight is 95.1 g/mol. The molecule has 7 heavy (non-hydrogen) atoms. The van der Waals surface area contributed by atoms with Crippen LogP contribution in [0.3, 0.4) is 0 Å². The van der Waals surface area contributed by atoms with E-state index < -0.39 is 6.10 Å². The zero-order valence-electron chi connectivity index (χ0n) is 4.00. The summed E-state index contributed by atoms with van der Waals surface area (Å²) in [7, 11) is 0. The fourth-order valence-corrected chi connectivity index (χ4v) is 0.558. The van der Waals surface area contributed by atoms with E-state index >= 15 is 0 Å². The molecule has 1 atom stereocenters. The molecule has 0 fully saturated rings. The highest BCUT2D eigenvalue weighted by atomic mass is 16.3. The van der Waals surface area contributed by atoms with E-state index in [1.165, 1.54) is 0 Å². The molecule has 1 rings (SSSR count). The molecular weight excluding hydrogens is 88.1 g/mol. The average Bonchev–Trinajstić information content (AvgIpc) is 1.69. The van der Waals surface area contributed by atoms with Crippen molar-refractivity contribution in [3.63, 3.8) is 0 Å². The van der Waals surface area contributed by atoms with Gasteiger partial charge in [-0.05, 0) is 6.42 Å². The molecule has 0 saturated heterocycles. The molecule has 0 saturated carbocycles. The Labute approximate surface area is 43.0 Å². The van der Waals surface area contributed by atoms with Gasteiger partial charge < -0.3 is 0 Å². The maximum absolute atomic E-state index is 10.4. The molecule has 1 aliphatic rings. The Morgan fingerprint density at radius 3 is 2.57 bits per heavy atom. The van der Waals surface area contributed by atoms with E-state index in [0.29, 0.717) is 6.42 Å². The summed E-state index contributed by atoms with van der Waals surface area (Å²) in [6, 6.07) is 0. The first-order valence-corrected chi connectivity index (χ1v) is 2.39. The van der Waals surface area contributed by atoms with Gasteiger partial charge in [0.2, 0.25) is 0 Å². The third-order valence-corrected chi connectivity index (χ3v) is 0.941. The SMILES string of the molecule is [O][C@@H]1C=CC=CC1. The molecule has 0 N–H and O–H groups in total. The van der Waals surface area contributed by atoms with Crippen LogP contribution in [0.2, 0.25) is 0 Å². The molecule has 0 spiro atoms. The van der Waals surface area contributed by atoms with Crippen molar-refractivity contribution in [2.24, 2.45) is 0 Å². The number of allylic oxidation sites excluding steroid dienone is 2. The van der Waals surface area contributed by atoms with Crippen molar-refractivity contribution in [1.29, 1.82) is 0 Å². The lowest BCUT2D eigenvalue weighted by Crippen LogP contribution is -1.98. The van der Waals surface area contributed by atoms with E-state index in [1.54, 1.807) is 12.2 Å². The molecule has 1 radical (unpaired) electrons. The third-order valence-electron chi connectivity index (χ3n) is 0.941. The van der Waals surface area contributed by atoms with E-state index in [-0.39, 0.29) is 0 Å². The van der Waals surface area contributed by atoms with Crippen molar-refractivity contribution in [2.75, 3.05) is 0 Å². The monoisotopic (exact) mass is 95.0 g/mol. The minimum absolute atomic E-state index is 0.481. The van der Waals surface area contributed by atoms with Crippen LogP contribution < -0.4 is 0 Å². The predicted octanol–water partition coefficient (Wildman–Crippen LogP) is 1.30. The molecule has 0 aromatic carbocycles. The van der Waals surface area contributed by atoms with E-state index in [4.69, 9.17) is 0 Å². The van der Waals surface area contributed by atoms with Gasteiger partial charge in [-0.25, -0.2) is 5.11 Å². The summed E-state index contributed by atoms with van der Waals surface area (Å²) < 4.78 is 0. The molecule has 0 unspecified atom stereocenters. The van der Waals surface area contributed by atoms with E-state index in [2.05, 4.69) is 0 Å². The molecule has 0 aromatic rings. The summed E-state index contributed by atoms with van der Waals surface area (Å²) in [6.45, 7) is 0. The van der Waals surface area contributed by atoms with E-state index in [0.717, 1.165) is 0 Å². The van der Waals surface area contributed by atoms with Crippen LogP contribution in [-0.4, -0.2) is 6.10 Å². The Bertz CT molecular complexity index is 103. The van der Waals surface area contributed by atoms with Gasteiger partial charge in [-0.1, -0.05) is 24.3 Å². The summed E-state index contributed by atoms with van der Waals surface area (Å²) >= 11 is 0. The van der Waals surface area contributed by atoms with Gasteiger partial charge in [-0.3, -0.25) is 0 Å². The standard InChI is InChI=1S/C6H7O/c7-6-4-2-1-3-5-6/h1-4,6H,5H2/t6-/m1/s1. The zero-order valence-corrected chi connectivity index (χ0v) is 4.00. The summed E-state index contributed by atoms with van der Waals surface area (Å²) in [4.78, 5) is 0. The van der Waals surface area contributed by atoms with Crippen LogP contribution in [0, 0.1) is 0 Å². The predicted molar refractivity (Wildman–Crippen MR) is 27.4 cm³/mol. The first kappa shape index (κ1) is 4.60. The maximum Gasteiger partial charge on any atom is 0.115 e. The van der Waals surface area contributed by atoms with Gasteiger partial charge in [0, 0.05) is 0 Å². The van der Waals surface area contributed by atoms with Crippen LogP contribution >= 0.6 is 0 Å². The van der Waals surface area contributed by atoms with Crippen molar-refractivity contribution in [3.05, 3.63) is 24.3 Å². The maximum atomic E-state index is 10.4. The van der Waals surface area contributed by atoms with Crippen molar-refractivity contribution in [3.8, 4) is 0 Å². The van der Waals surface area contributed by atoms with Gasteiger partial charge in [0.1, 0.15) is 6.10 Å². The Balaban J connectivity index is 2.49. The van der Waals surface area contributed by atoms with Crippen LogP contribution in [-0.2, 0) is 5.11 Å². The molecule has 0 heterocycles. The second-order valence-electron chi connectivity index (χ2n) is 1.59. The summed E-state index contributed by atoms with van der Waals surface area (Å²) in [5.74, 6) is 0. The van der Waals surface area contributed by atoms with Crippen molar-refractivity contribution >= 4 is 0 Å². The topological polar surface area (TPSA) is 19.9 Å². The van der Waals surface area contributed by atoms with Crippen molar-refractivity contribution in [2.45, 2.75) is 12.5 Å². The largest absolute Gasteiger partial charge is 0.228 e. The van der Waals surface area contributed by atoms with Gasteiger partial charge in [0.05, 0.1) is 0 Å². The van der Waals surface area contributed by atoms with E-state index in [9.17, 15) is 5.11 Å². The van der Waals surface area contributed by atoms with Gasteiger partial charge in [0.25, 0.3) is 0 Å². The lowest BCUT2D eigenvalue weighted by molar-refractivity contribution is 0.132. The Morgan fingerprint density at radius 1 is 1.43 bits per heavy atom. The Hall–Kier alpha value is -0.560. The molecule has 37 valence electrons. The quantitative estimate of drug-likeness (QED) is 0.432. The minimum atomic E-state index is -0.481. The van der Waals surface area contributed by atoms with Crippen LogP contribution in [0.4, 0.5) is 0 Å².